The number of aliphatic hydroxyl groups excluding tert-OH is 1. The lowest BCUT2D eigenvalue weighted by Crippen LogP contribution is -2.40. The molecule has 2 aromatic heterocycles. The molecular formula is C25H24F3N3O4. The third-order valence-electron chi connectivity index (χ3n) is 5.71. The predicted octanol–water partition coefficient (Wildman–Crippen LogP) is 5.23. The van der Waals surface area contributed by atoms with Gasteiger partial charge in [-0.2, -0.15) is 13.2 Å². The molecule has 3 aromatic rings. The molecule has 4 rings (SSSR count). The first kappa shape index (κ1) is 24.5. The number of aromatic nitrogens is 2. The lowest BCUT2D eigenvalue weighted by molar-refractivity contribution is -0.137. The van der Waals surface area contributed by atoms with Gasteiger partial charge < -0.3 is 19.5 Å². The maximum atomic E-state index is 12.6. The van der Waals surface area contributed by atoms with E-state index in [9.17, 15) is 23.1 Å². The van der Waals surface area contributed by atoms with Crippen LogP contribution in [0.1, 0.15) is 29.8 Å². The maximum Gasteiger partial charge on any atom is 0.417 e. The predicted molar refractivity (Wildman–Crippen MR) is 120 cm³/mol. The molecule has 1 amide bonds. The number of pyridine rings is 2. The molecule has 1 saturated heterocycles. The maximum absolute atomic E-state index is 12.6. The van der Waals surface area contributed by atoms with E-state index in [4.69, 9.17) is 9.47 Å². The van der Waals surface area contributed by atoms with E-state index in [1.165, 1.54) is 0 Å². The van der Waals surface area contributed by atoms with E-state index in [1.807, 2.05) is 12.1 Å². The zero-order valence-electron chi connectivity index (χ0n) is 18.7. The van der Waals surface area contributed by atoms with Crippen LogP contribution in [0.25, 0.3) is 0 Å². The number of hydrogen-bond donors (Lipinski definition) is 1. The molecule has 0 bridgehead atoms. The van der Waals surface area contributed by atoms with Crippen molar-refractivity contribution < 1.29 is 32.5 Å². The molecule has 1 fully saturated rings. The highest BCUT2D eigenvalue weighted by Gasteiger charge is 2.30. The van der Waals surface area contributed by atoms with Crippen molar-refractivity contribution in [2.45, 2.75) is 32.0 Å². The second-order valence-electron chi connectivity index (χ2n) is 8.24. The van der Waals surface area contributed by atoms with E-state index in [2.05, 4.69) is 9.97 Å². The third kappa shape index (κ3) is 6.69. The summed E-state index contributed by atoms with van der Waals surface area (Å²) in [6.07, 6.45) is -1.75. The van der Waals surface area contributed by atoms with Crippen molar-refractivity contribution >= 4 is 6.09 Å². The van der Waals surface area contributed by atoms with Gasteiger partial charge in [-0.25, -0.2) is 9.78 Å². The number of benzene rings is 1. The summed E-state index contributed by atoms with van der Waals surface area (Å²) in [5, 5.41) is 9.24. The normalized spacial score (nSPS) is 14.6. The van der Waals surface area contributed by atoms with Crippen molar-refractivity contribution in [3.63, 3.8) is 0 Å². The largest absolute Gasteiger partial charge is 0.439 e. The van der Waals surface area contributed by atoms with E-state index in [0.29, 0.717) is 42.4 Å². The van der Waals surface area contributed by atoms with Crippen molar-refractivity contribution in [1.82, 2.24) is 14.9 Å². The number of alkyl halides is 3. The van der Waals surface area contributed by atoms with E-state index in [0.717, 1.165) is 37.1 Å². The second kappa shape index (κ2) is 10.7. The van der Waals surface area contributed by atoms with Crippen LogP contribution in [0.4, 0.5) is 18.0 Å². The lowest BCUT2D eigenvalue weighted by atomic mass is 9.92. The van der Waals surface area contributed by atoms with Crippen LogP contribution in [0.5, 0.6) is 17.4 Å². The first-order valence-corrected chi connectivity index (χ1v) is 11.1. The summed E-state index contributed by atoms with van der Waals surface area (Å²) in [5.41, 5.74) is 0.727. The molecule has 0 saturated carbocycles. The summed E-state index contributed by atoms with van der Waals surface area (Å²) >= 11 is 0. The van der Waals surface area contributed by atoms with Crippen LogP contribution in [0, 0.1) is 5.92 Å². The Morgan fingerprint density at radius 1 is 1.00 bits per heavy atom. The average Bonchev–Trinajstić information content (AvgIpc) is 2.85. The number of halogens is 3. The van der Waals surface area contributed by atoms with Gasteiger partial charge in [-0.1, -0.05) is 6.07 Å². The van der Waals surface area contributed by atoms with Gasteiger partial charge in [0.05, 0.1) is 17.9 Å². The van der Waals surface area contributed by atoms with Gasteiger partial charge in [0.2, 0.25) is 5.88 Å². The summed E-state index contributed by atoms with van der Waals surface area (Å²) in [6, 6.07) is 13.8. The first-order chi connectivity index (χ1) is 16.8. The van der Waals surface area contributed by atoms with Crippen LogP contribution in [-0.2, 0) is 19.2 Å². The Morgan fingerprint density at radius 2 is 1.69 bits per heavy atom. The standard InChI is InChI=1S/C25H24F3N3O4/c26-25(27,28)18-4-9-23(29-15-18)34-21-5-7-22(8-6-21)35-24(33)31-12-10-17(11-13-31)14-19-2-1-3-20(16-32)30-19/h1-9,15,17,32H,10-14,16H2. The minimum Gasteiger partial charge on any atom is -0.439 e. The number of likely N-dealkylation sites (tertiary alicyclic amines) is 1. The molecule has 1 N–H and O–H groups in total. The fraction of sp³-hybridized carbons (Fsp3) is 0.320. The Morgan fingerprint density at radius 3 is 2.31 bits per heavy atom. The molecule has 1 aliphatic heterocycles. The van der Waals surface area contributed by atoms with Gasteiger partial charge in [0.25, 0.3) is 0 Å². The van der Waals surface area contributed by atoms with Crippen molar-refractivity contribution in [3.05, 3.63) is 77.7 Å². The van der Waals surface area contributed by atoms with E-state index in [1.54, 1.807) is 35.2 Å². The van der Waals surface area contributed by atoms with Crippen LogP contribution in [-0.4, -0.2) is 39.2 Å². The van der Waals surface area contributed by atoms with Crippen molar-refractivity contribution in [3.8, 4) is 17.4 Å². The van der Waals surface area contributed by atoms with Crippen LogP contribution in [0.15, 0.2) is 60.8 Å². The van der Waals surface area contributed by atoms with Crippen molar-refractivity contribution in [2.75, 3.05) is 13.1 Å². The molecule has 1 aliphatic rings. The van der Waals surface area contributed by atoms with Gasteiger partial charge in [-0.15, -0.1) is 0 Å². The Labute approximate surface area is 200 Å². The number of carbonyl (C=O) groups excluding carboxylic acids is 1. The zero-order chi connectivity index (χ0) is 24.8. The van der Waals surface area contributed by atoms with Crippen molar-refractivity contribution in [2.24, 2.45) is 5.92 Å². The van der Waals surface area contributed by atoms with Crippen LogP contribution < -0.4 is 9.47 Å². The van der Waals surface area contributed by atoms with Gasteiger partial charge in [-0.05, 0) is 67.6 Å². The van der Waals surface area contributed by atoms with Crippen LogP contribution in [0.2, 0.25) is 0 Å². The quantitative estimate of drug-likeness (QED) is 0.512. The number of amides is 1. The first-order valence-electron chi connectivity index (χ1n) is 11.1. The third-order valence-corrected chi connectivity index (χ3v) is 5.71. The minimum absolute atomic E-state index is 0.0175. The number of nitrogens with zero attached hydrogens (tertiary/aromatic N) is 3. The number of carbonyl (C=O) groups is 1. The highest BCUT2D eigenvalue weighted by atomic mass is 19.4. The van der Waals surface area contributed by atoms with Crippen LogP contribution in [0.3, 0.4) is 0 Å². The van der Waals surface area contributed by atoms with Gasteiger partial charge in [-0.3, -0.25) is 4.98 Å². The van der Waals surface area contributed by atoms with Gasteiger partial charge in [0.15, 0.2) is 0 Å². The molecule has 0 spiro atoms. The Bertz CT molecular complexity index is 1130. The number of hydrogen-bond acceptors (Lipinski definition) is 6. The molecule has 1 aromatic carbocycles. The highest BCUT2D eigenvalue weighted by Crippen LogP contribution is 2.30. The topological polar surface area (TPSA) is 84.8 Å². The molecule has 10 heteroatoms. The smallest absolute Gasteiger partial charge is 0.417 e. The van der Waals surface area contributed by atoms with Gasteiger partial charge in [0.1, 0.15) is 11.5 Å². The fourth-order valence-electron chi connectivity index (χ4n) is 3.82. The second-order valence-corrected chi connectivity index (χ2v) is 8.24. The molecular weight excluding hydrogens is 463 g/mol. The molecule has 0 radical (unpaired) electrons. The molecule has 0 aliphatic carbocycles. The zero-order valence-corrected chi connectivity index (χ0v) is 18.7. The Balaban J connectivity index is 1.25. The molecule has 0 unspecified atom stereocenters. The van der Waals surface area contributed by atoms with E-state index < -0.39 is 17.8 Å². The number of ether oxygens (including phenoxy) is 2. The summed E-state index contributed by atoms with van der Waals surface area (Å²) in [6.45, 7) is 1.06. The van der Waals surface area contributed by atoms with Gasteiger partial charge >= 0.3 is 12.3 Å². The summed E-state index contributed by atoms with van der Waals surface area (Å²) in [4.78, 5) is 22.3. The molecule has 35 heavy (non-hydrogen) atoms. The molecule has 0 atom stereocenters. The highest BCUT2D eigenvalue weighted by molar-refractivity contribution is 5.70. The molecule has 184 valence electrons. The number of aliphatic hydroxyl groups is 1. The fourth-order valence-corrected chi connectivity index (χ4v) is 3.82. The summed E-state index contributed by atoms with van der Waals surface area (Å²) in [5.74, 6) is 1.09. The molecule has 7 nitrogen and oxygen atoms in total. The number of rotatable bonds is 6. The van der Waals surface area contributed by atoms with Crippen LogP contribution >= 0.6 is 0 Å². The summed E-state index contributed by atoms with van der Waals surface area (Å²) in [7, 11) is 0. The average molecular weight is 487 g/mol. The van der Waals surface area contributed by atoms with E-state index in [-0.39, 0.29) is 12.5 Å². The van der Waals surface area contributed by atoms with Crippen molar-refractivity contribution in [1.29, 1.82) is 0 Å². The Kier molecular flexibility index (Phi) is 7.50. The SMILES string of the molecule is O=C(Oc1ccc(Oc2ccc(C(F)(F)F)cn2)cc1)N1CCC(Cc2cccc(CO)n2)CC1. The Hall–Kier alpha value is -3.66. The monoisotopic (exact) mass is 487 g/mol. The van der Waals surface area contributed by atoms with E-state index >= 15 is 0 Å². The summed E-state index contributed by atoms with van der Waals surface area (Å²) < 4.78 is 48.8. The minimum atomic E-state index is -4.46. The lowest BCUT2D eigenvalue weighted by Gasteiger charge is -2.31. The number of piperidine rings is 1. The van der Waals surface area contributed by atoms with Gasteiger partial charge in [0, 0.05) is 31.0 Å². The molecule has 3 heterocycles.